The van der Waals surface area contributed by atoms with Gasteiger partial charge in [-0.2, -0.15) is 5.10 Å². The highest BCUT2D eigenvalue weighted by Gasteiger charge is 2.10. The van der Waals surface area contributed by atoms with Crippen LogP contribution >= 0.6 is 11.6 Å². The summed E-state index contributed by atoms with van der Waals surface area (Å²) in [6.45, 7) is 2.71. The highest BCUT2D eigenvalue weighted by Crippen LogP contribution is 2.20. The summed E-state index contributed by atoms with van der Waals surface area (Å²) in [5, 5.41) is 4.72. The molecule has 0 N–H and O–H groups in total. The molecule has 0 spiro atoms. The summed E-state index contributed by atoms with van der Waals surface area (Å²) >= 11 is 6.15. The lowest BCUT2D eigenvalue weighted by molar-refractivity contribution is -0.125. The van der Waals surface area contributed by atoms with Gasteiger partial charge in [-0.1, -0.05) is 11.6 Å². The Kier molecular flexibility index (Phi) is 6.47. The van der Waals surface area contributed by atoms with Gasteiger partial charge < -0.3 is 14.4 Å². The summed E-state index contributed by atoms with van der Waals surface area (Å²) in [5.41, 5.74) is 1.53. The van der Waals surface area contributed by atoms with Crippen molar-refractivity contribution in [2.45, 2.75) is 6.92 Å². The first-order valence-electron chi connectivity index (χ1n) is 7.81. The van der Waals surface area contributed by atoms with E-state index in [1.165, 1.54) is 6.08 Å². The first-order chi connectivity index (χ1) is 11.9. The molecular weight excluding hydrogens is 342 g/mol. The molecule has 0 saturated carbocycles. The normalized spacial score (nSPS) is 10.9. The maximum atomic E-state index is 12.2. The zero-order valence-electron chi connectivity index (χ0n) is 14.8. The van der Waals surface area contributed by atoms with Crippen molar-refractivity contribution in [3.05, 3.63) is 46.8 Å². The number of hydrogen-bond donors (Lipinski definition) is 0. The van der Waals surface area contributed by atoms with Crippen LogP contribution in [0.1, 0.15) is 11.3 Å². The van der Waals surface area contributed by atoms with Gasteiger partial charge in [0.2, 0.25) is 5.91 Å². The molecule has 134 valence electrons. The molecule has 0 aliphatic rings. The van der Waals surface area contributed by atoms with E-state index in [1.807, 2.05) is 31.2 Å². The van der Waals surface area contributed by atoms with Crippen molar-refractivity contribution < 1.29 is 14.3 Å². The van der Waals surface area contributed by atoms with Crippen molar-refractivity contribution in [2.75, 3.05) is 27.3 Å². The number of aromatic nitrogens is 2. The van der Waals surface area contributed by atoms with Crippen LogP contribution < -0.4 is 9.47 Å². The molecule has 1 aromatic heterocycles. The van der Waals surface area contributed by atoms with Crippen molar-refractivity contribution in [2.24, 2.45) is 7.05 Å². The summed E-state index contributed by atoms with van der Waals surface area (Å²) in [6.07, 6.45) is 3.18. The van der Waals surface area contributed by atoms with Crippen molar-refractivity contribution >= 4 is 23.6 Å². The Labute approximate surface area is 152 Å². The molecule has 0 aliphatic heterocycles. The van der Waals surface area contributed by atoms with E-state index in [0.717, 1.165) is 22.8 Å². The summed E-state index contributed by atoms with van der Waals surface area (Å²) < 4.78 is 12.3. The monoisotopic (exact) mass is 363 g/mol. The van der Waals surface area contributed by atoms with Crippen LogP contribution in [0.4, 0.5) is 0 Å². The third-order valence-corrected chi connectivity index (χ3v) is 4.17. The predicted octanol–water partition coefficient (Wildman–Crippen LogP) is 2.94. The molecule has 2 rings (SSSR count). The van der Waals surface area contributed by atoms with E-state index in [2.05, 4.69) is 5.10 Å². The van der Waals surface area contributed by atoms with Crippen molar-refractivity contribution in [3.8, 4) is 11.5 Å². The Morgan fingerprint density at radius 1 is 1.32 bits per heavy atom. The number of ether oxygens (including phenoxy) is 2. The average Bonchev–Trinajstić information content (AvgIpc) is 2.85. The van der Waals surface area contributed by atoms with Gasteiger partial charge >= 0.3 is 0 Å². The average molecular weight is 364 g/mol. The molecule has 1 heterocycles. The molecule has 0 unspecified atom stereocenters. The predicted molar refractivity (Wildman–Crippen MR) is 98.1 cm³/mol. The third kappa shape index (κ3) is 5.00. The Morgan fingerprint density at radius 2 is 1.96 bits per heavy atom. The molecule has 0 bridgehead atoms. The van der Waals surface area contributed by atoms with Crippen molar-refractivity contribution in [3.63, 3.8) is 0 Å². The Morgan fingerprint density at radius 3 is 2.52 bits per heavy atom. The van der Waals surface area contributed by atoms with Crippen LogP contribution in [0.5, 0.6) is 11.5 Å². The van der Waals surface area contributed by atoms with Gasteiger partial charge in [-0.3, -0.25) is 9.48 Å². The van der Waals surface area contributed by atoms with Gasteiger partial charge in [-0.05, 0) is 37.3 Å². The van der Waals surface area contributed by atoms with Crippen LogP contribution in [0.15, 0.2) is 30.3 Å². The second-order valence-corrected chi connectivity index (χ2v) is 5.89. The lowest BCUT2D eigenvalue weighted by Gasteiger charge is -2.15. The molecule has 7 heteroatoms. The van der Waals surface area contributed by atoms with Crippen LogP contribution in [0.3, 0.4) is 0 Å². The maximum absolute atomic E-state index is 12.2. The maximum Gasteiger partial charge on any atom is 0.246 e. The summed E-state index contributed by atoms with van der Waals surface area (Å²) in [6, 6.07) is 7.31. The molecule has 0 radical (unpaired) electrons. The van der Waals surface area contributed by atoms with E-state index in [1.54, 1.807) is 36.9 Å². The zero-order valence-corrected chi connectivity index (χ0v) is 15.6. The molecule has 0 atom stereocenters. The van der Waals surface area contributed by atoms with Crippen LogP contribution in [0.25, 0.3) is 6.08 Å². The highest BCUT2D eigenvalue weighted by molar-refractivity contribution is 6.31. The topological polar surface area (TPSA) is 56.6 Å². The fourth-order valence-electron chi connectivity index (χ4n) is 2.20. The number of halogens is 1. The van der Waals surface area contributed by atoms with E-state index in [9.17, 15) is 4.79 Å². The minimum absolute atomic E-state index is 0.127. The van der Waals surface area contributed by atoms with E-state index < -0.39 is 0 Å². The Bertz CT molecular complexity index is 754. The zero-order chi connectivity index (χ0) is 18.4. The number of carbonyl (C=O) groups is 1. The molecule has 0 aliphatic carbocycles. The molecule has 1 aromatic carbocycles. The van der Waals surface area contributed by atoms with Gasteiger partial charge in [-0.25, -0.2) is 0 Å². The largest absolute Gasteiger partial charge is 0.497 e. The minimum atomic E-state index is -0.127. The summed E-state index contributed by atoms with van der Waals surface area (Å²) in [5.74, 6) is 1.38. The number of amides is 1. The molecule has 1 amide bonds. The fourth-order valence-corrected chi connectivity index (χ4v) is 2.44. The second-order valence-electron chi connectivity index (χ2n) is 5.53. The molecule has 25 heavy (non-hydrogen) atoms. The summed E-state index contributed by atoms with van der Waals surface area (Å²) in [4.78, 5) is 13.8. The van der Waals surface area contributed by atoms with Gasteiger partial charge in [-0.15, -0.1) is 0 Å². The Balaban J connectivity index is 1.84. The molecule has 0 fully saturated rings. The van der Waals surface area contributed by atoms with Gasteiger partial charge in [0.05, 0.1) is 19.3 Å². The van der Waals surface area contributed by atoms with E-state index >= 15 is 0 Å². The molecular formula is C18H22ClN3O3. The molecule has 0 saturated heterocycles. The lowest BCUT2D eigenvalue weighted by atomic mass is 10.2. The van der Waals surface area contributed by atoms with Gasteiger partial charge in [0.15, 0.2) is 0 Å². The number of likely N-dealkylation sites (N-methyl/N-ethyl adjacent to an activating group) is 1. The quantitative estimate of drug-likeness (QED) is 0.710. The van der Waals surface area contributed by atoms with Crippen LogP contribution in [-0.4, -0.2) is 47.9 Å². The number of carbonyl (C=O) groups excluding carboxylic acids is 1. The second kappa shape index (κ2) is 8.58. The summed E-state index contributed by atoms with van der Waals surface area (Å²) in [7, 11) is 5.10. The van der Waals surface area contributed by atoms with Crippen molar-refractivity contribution in [1.82, 2.24) is 14.7 Å². The van der Waals surface area contributed by atoms with E-state index in [4.69, 9.17) is 21.1 Å². The van der Waals surface area contributed by atoms with Gasteiger partial charge in [0, 0.05) is 25.7 Å². The number of rotatable bonds is 7. The number of methoxy groups -OCH3 is 1. The van der Waals surface area contributed by atoms with Crippen molar-refractivity contribution in [1.29, 1.82) is 0 Å². The molecule has 6 nitrogen and oxygen atoms in total. The number of benzene rings is 1. The standard InChI is InChI=1S/C18H22ClN3O3/c1-13-16(18(19)22(3)20-13)9-10-17(23)21(2)11-12-25-15-7-5-14(24-4)6-8-15/h5-10H,11-12H2,1-4H3/b10-9+. The minimum Gasteiger partial charge on any atom is -0.497 e. The fraction of sp³-hybridized carbons (Fsp3) is 0.333. The number of hydrogen-bond acceptors (Lipinski definition) is 4. The van der Waals surface area contributed by atoms with Crippen LogP contribution in [-0.2, 0) is 11.8 Å². The smallest absolute Gasteiger partial charge is 0.246 e. The first kappa shape index (κ1) is 18.9. The first-order valence-corrected chi connectivity index (χ1v) is 8.19. The highest BCUT2D eigenvalue weighted by atomic mass is 35.5. The Hall–Kier alpha value is -2.47. The number of aryl methyl sites for hydroxylation is 2. The van der Waals surface area contributed by atoms with E-state index in [0.29, 0.717) is 18.3 Å². The van der Waals surface area contributed by atoms with Gasteiger partial charge in [0.1, 0.15) is 23.3 Å². The molecule has 2 aromatic rings. The number of nitrogens with zero attached hydrogens (tertiary/aromatic N) is 3. The van der Waals surface area contributed by atoms with Crippen LogP contribution in [0.2, 0.25) is 5.15 Å². The van der Waals surface area contributed by atoms with E-state index in [-0.39, 0.29) is 5.91 Å². The lowest BCUT2D eigenvalue weighted by Crippen LogP contribution is -2.29. The SMILES string of the molecule is COc1ccc(OCCN(C)C(=O)/C=C/c2c(C)nn(C)c2Cl)cc1. The third-order valence-electron chi connectivity index (χ3n) is 3.72. The van der Waals surface area contributed by atoms with Gasteiger partial charge in [0.25, 0.3) is 0 Å². The van der Waals surface area contributed by atoms with Crippen LogP contribution in [0, 0.1) is 6.92 Å².